The summed E-state index contributed by atoms with van der Waals surface area (Å²) in [6, 6.07) is 0. The first-order valence-electron chi connectivity index (χ1n) is 4.21. The van der Waals surface area contributed by atoms with Gasteiger partial charge in [0.25, 0.3) is 0 Å². The van der Waals surface area contributed by atoms with Crippen LogP contribution in [0.25, 0.3) is 0 Å². The van der Waals surface area contributed by atoms with Crippen LogP contribution in [0, 0.1) is 0 Å². The number of hydrogen-bond acceptors (Lipinski definition) is 3. The van der Waals surface area contributed by atoms with Crippen molar-refractivity contribution in [2.75, 3.05) is 13.2 Å². The third-order valence-electron chi connectivity index (χ3n) is 1.38. The highest BCUT2D eigenvalue weighted by atomic mass is 19.4. The second-order valence-electron chi connectivity index (χ2n) is 2.72. The number of esters is 1. The average molecular weight is 214 g/mol. The number of alkyl halides is 3. The Morgan fingerprint density at radius 1 is 1.43 bits per heavy atom. The molecule has 0 aliphatic carbocycles. The lowest BCUT2D eigenvalue weighted by molar-refractivity contribution is -0.216. The number of carbonyl (C=O) groups is 1. The molecule has 1 unspecified atom stereocenters. The van der Waals surface area contributed by atoms with E-state index in [0.29, 0.717) is 6.42 Å². The summed E-state index contributed by atoms with van der Waals surface area (Å²) in [5.74, 6) is -0.775. The molecule has 3 nitrogen and oxygen atoms in total. The Labute approximate surface area is 80.2 Å². The van der Waals surface area contributed by atoms with Crippen LogP contribution < -0.4 is 0 Å². The largest absolute Gasteiger partial charge is 0.464 e. The summed E-state index contributed by atoms with van der Waals surface area (Å²) < 4.78 is 44.4. The minimum atomic E-state index is -4.44. The van der Waals surface area contributed by atoms with Gasteiger partial charge in [0.15, 0.2) is 6.10 Å². The molecule has 0 aliphatic rings. The maximum Gasteiger partial charge on any atom is 0.414 e. The van der Waals surface area contributed by atoms with E-state index in [1.165, 1.54) is 0 Å². The van der Waals surface area contributed by atoms with Crippen molar-refractivity contribution in [2.24, 2.45) is 0 Å². The molecule has 0 radical (unpaired) electrons. The quantitative estimate of drug-likeness (QED) is 0.656. The van der Waals surface area contributed by atoms with Gasteiger partial charge in [-0.25, -0.2) is 4.79 Å². The van der Waals surface area contributed by atoms with Crippen molar-refractivity contribution in [3.05, 3.63) is 0 Å². The van der Waals surface area contributed by atoms with Crippen LogP contribution in [0.1, 0.15) is 20.3 Å². The van der Waals surface area contributed by atoms with Gasteiger partial charge in [-0.3, -0.25) is 0 Å². The van der Waals surface area contributed by atoms with Crippen LogP contribution in [-0.2, 0) is 14.3 Å². The van der Waals surface area contributed by atoms with Gasteiger partial charge in [-0.1, -0.05) is 6.92 Å². The Bertz CT molecular complexity index is 179. The van der Waals surface area contributed by atoms with Crippen LogP contribution >= 0.6 is 0 Å². The summed E-state index contributed by atoms with van der Waals surface area (Å²) in [7, 11) is 0. The fourth-order valence-electron chi connectivity index (χ4n) is 0.545. The van der Waals surface area contributed by atoms with E-state index in [0.717, 1.165) is 6.92 Å². The van der Waals surface area contributed by atoms with E-state index < -0.39 is 24.9 Å². The molecule has 0 bridgehead atoms. The number of rotatable bonds is 5. The highest BCUT2D eigenvalue weighted by Crippen LogP contribution is 2.21. The molecule has 0 fully saturated rings. The first-order valence-corrected chi connectivity index (χ1v) is 4.21. The summed E-state index contributed by atoms with van der Waals surface area (Å²) in [5.41, 5.74) is 0. The second kappa shape index (κ2) is 5.85. The summed E-state index contributed by atoms with van der Waals surface area (Å²) in [4.78, 5) is 10.7. The van der Waals surface area contributed by atoms with Crippen LogP contribution in [0.5, 0.6) is 0 Å². The predicted molar refractivity (Wildman–Crippen MR) is 42.7 cm³/mol. The molecular formula is C8H13F3O3. The normalized spacial score (nSPS) is 13.8. The van der Waals surface area contributed by atoms with Crippen molar-refractivity contribution in [3.63, 3.8) is 0 Å². The molecule has 0 saturated heterocycles. The van der Waals surface area contributed by atoms with E-state index in [4.69, 9.17) is 0 Å². The van der Waals surface area contributed by atoms with Crippen molar-refractivity contribution in [2.45, 2.75) is 32.5 Å². The Morgan fingerprint density at radius 2 is 2.00 bits per heavy atom. The van der Waals surface area contributed by atoms with Gasteiger partial charge in [0.1, 0.15) is 6.61 Å². The molecular weight excluding hydrogens is 201 g/mol. The SMILES string of the molecule is CCCOC(=O)COC(C)C(F)(F)F. The molecule has 0 aromatic heterocycles. The van der Waals surface area contributed by atoms with Crippen LogP contribution in [0.15, 0.2) is 0 Å². The molecule has 0 amide bonds. The molecule has 0 heterocycles. The minimum absolute atomic E-state index is 0.197. The smallest absolute Gasteiger partial charge is 0.414 e. The maximum atomic E-state index is 11.9. The third kappa shape index (κ3) is 5.80. The molecule has 1 atom stereocenters. The minimum Gasteiger partial charge on any atom is -0.464 e. The molecule has 0 spiro atoms. The molecule has 84 valence electrons. The van der Waals surface area contributed by atoms with Crippen molar-refractivity contribution < 1.29 is 27.4 Å². The van der Waals surface area contributed by atoms with Crippen molar-refractivity contribution in [1.29, 1.82) is 0 Å². The van der Waals surface area contributed by atoms with Crippen molar-refractivity contribution >= 4 is 5.97 Å². The van der Waals surface area contributed by atoms with Crippen LogP contribution in [0.2, 0.25) is 0 Å². The van der Waals surface area contributed by atoms with Crippen LogP contribution in [0.3, 0.4) is 0 Å². The Balaban J connectivity index is 3.67. The fraction of sp³-hybridized carbons (Fsp3) is 0.875. The highest BCUT2D eigenvalue weighted by Gasteiger charge is 2.37. The van der Waals surface area contributed by atoms with E-state index in [9.17, 15) is 18.0 Å². The van der Waals surface area contributed by atoms with Gasteiger partial charge in [-0.05, 0) is 13.3 Å². The van der Waals surface area contributed by atoms with Gasteiger partial charge in [0, 0.05) is 0 Å². The molecule has 14 heavy (non-hydrogen) atoms. The number of halogens is 3. The lowest BCUT2D eigenvalue weighted by Crippen LogP contribution is -2.31. The molecule has 6 heteroatoms. The van der Waals surface area contributed by atoms with E-state index in [1.54, 1.807) is 6.92 Å². The van der Waals surface area contributed by atoms with Crippen molar-refractivity contribution in [3.8, 4) is 0 Å². The zero-order chi connectivity index (χ0) is 11.2. The van der Waals surface area contributed by atoms with Gasteiger partial charge in [0.2, 0.25) is 0 Å². The van der Waals surface area contributed by atoms with Crippen LogP contribution in [-0.4, -0.2) is 31.5 Å². The Hall–Kier alpha value is -0.780. The summed E-state index contributed by atoms with van der Waals surface area (Å²) in [6.07, 6.45) is -5.76. The zero-order valence-electron chi connectivity index (χ0n) is 8.06. The first-order chi connectivity index (χ1) is 6.38. The van der Waals surface area contributed by atoms with E-state index >= 15 is 0 Å². The van der Waals surface area contributed by atoms with Gasteiger partial charge in [-0.15, -0.1) is 0 Å². The lowest BCUT2D eigenvalue weighted by atomic mass is 10.4. The lowest BCUT2D eigenvalue weighted by Gasteiger charge is -2.15. The number of carbonyl (C=O) groups excluding carboxylic acids is 1. The highest BCUT2D eigenvalue weighted by molar-refractivity contribution is 5.70. The molecule has 0 saturated carbocycles. The molecule has 0 aromatic rings. The summed E-state index contributed by atoms with van der Waals surface area (Å²) in [5, 5.41) is 0. The zero-order valence-corrected chi connectivity index (χ0v) is 8.06. The van der Waals surface area contributed by atoms with Crippen LogP contribution in [0.4, 0.5) is 13.2 Å². The van der Waals surface area contributed by atoms with Gasteiger partial charge >= 0.3 is 12.1 Å². The van der Waals surface area contributed by atoms with Gasteiger partial charge < -0.3 is 9.47 Å². The van der Waals surface area contributed by atoms with E-state index in [-0.39, 0.29) is 6.61 Å². The number of hydrogen-bond donors (Lipinski definition) is 0. The Morgan fingerprint density at radius 3 is 2.43 bits per heavy atom. The van der Waals surface area contributed by atoms with E-state index in [1.807, 2.05) is 0 Å². The average Bonchev–Trinajstić information content (AvgIpc) is 2.09. The summed E-state index contributed by atoms with van der Waals surface area (Å²) >= 11 is 0. The topological polar surface area (TPSA) is 35.5 Å². The third-order valence-corrected chi connectivity index (χ3v) is 1.38. The molecule has 0 N–H and O–H groups in total. The number of ether oxygens (including phenoxy) is 2. The molecule has 0 rings (SSSR count). The van der Waals surface area contributed by atoms with Gasteiger partial charge in [0.05, 0.1) is 6.61 Å². The maximum absolute atomic E-state index is 11.9. The van der Waals surface area contributed by atoms with E-state index in [2.05, 4.69) is 9.47 Å². The Kier molecular flexibility index (Phi) is 5.52. The second-order valence-corrected chi connectivity index (χ2v) is 2.72. The molecule has 0 aliphatic heterocycles. The predicted octanol–water partition coefficient (Wildman–Crippen LogP) is 1.91. The first kappa shape index (κ1) is 13.2. The standard InChI is InChI=1S/C8H13F3O3/c1-3-4-13-7(12)5-14-6(2)8(9,10)11/h6H,3-5H2,1-2H3. The monoisotopic (exact) mass is 214 g/mol. The fourth-order valence-corrected chi connectivity index (χ4v) is 0.545. The molecule has 0 aromatic carbocycles. The summed E-state index contributed by atoms with van der Waals surface area (Å²) in [6.45, 7) is 2.16. The van der Waals surface area contributed by atoms with Crippen molar-refractivity contribution in [1.82, 2.24) is 0 Å². The van der Waals surface area contributed by atoms with Gasteiger partial charge in [-0.2, -0.15) is 13.2 Å².